The molecule has 1 saturated carbocycles. The van der Waals surface area contributed by atoms with E-state index in [1.165, 1.54) is 17.5 Å². The number of nitrogens with zero attached hydrogens (tertiary/aromatic N) is 1. The Morgan fingerprint density at radius 1 is 1.47 bits per heavy atom. The highest BCUT2D eigenvalue weighted by Gasteiger charge is 2.52. The van der Waals surface area contributed by atoms with Crippen LogP contribution in [0.2, 0.25) is 0 Å². The van der Waals surface area contributed by atoms with E-state index in [0.29, 0.717) is 11.8 Å². The smallest absolute Gasteiger partial charge is 0.240 e. The van der Waals surface area contributed by atoms with Crippen molar-refractivity contribution in [3.63, 3.8) is 0 Å². The van der Waals surface area contributed by atoms with E-state index >= 15 is 0 Å². The van der Waals surface area contributed by atoms with E-state index in [1.54, 1.807) is 0 Å². The van der Waals surface area contributed by atoms with Crippen LogP contribution in [0.3, 0.4) is 0 Å². The molecule has 102 valence electrons. The molecule has 0 saturated heterocycles. The molecular formula is C16H22N2O. The van der Waals surface area contributed by atoms with E-state index in [1.807, 2.05) is 4.90 Å². The predicted octanol–water partition coefficient (Wildman–Crippen LogP) is 2.43. The van der Waals surface area contributed by atoms with Crippen LogP contribution >= 0.6 is 0 Å². The fraction of sp³-hybridized carbons (Fsp3) is 0.562. The van der Waals surface area contributed by atoms with Crippen LogP contribution in [0.25, 0.3) is 0 Å². The van der Waals surface area contributed by atoms with Gasteiger partial charge in [0.2, 0.25) is 5.91 Å². The summed E-state index contributed by atoms with van der Waals surface area (Å²) in [5.41, 5.74) is 9.39. The summed E-state index contributed by atoms with van der Waals surface area (Å²) in [5.74, 6) is 1.35. The minimum absolute atomic E-state index is 0.0289. The van der Waals surface area contributed by atoms with Crippen molar-refractivity contribution in [2.24, 2.45) is 17.1 Å². The summed E-state index contributed by atoms with van der Waals surface area (Å²) < 4.78 is 0. The molecule has 19 heavy (non-hydrogen) atoms. The molecule has 0 radical (unpaired) electrons. The molecule has 1 heterocycles. The number of rotatable bonds is 1. The van der Waals surface area contributed by atoms with Crippen LogP contribution in [0.1, 0.15) is 37.3 Å². The van der Waals surface area contributed by atoms with Crippen LogP contribution in [0, 0.1) is 18.3 Å². The number of carbonyl (C=O) groups excluding carboxylic acids is 1. The van der Waals surface area contributed by atoms with Crippen molar-refractivity contribution >= 4 is 11.6 Å². The number of fused-ring (bicyclic) bond motifs is 3. The average Bonchev–Trinajstić information content (AvgIpc) is 3.15. The van der Waals surface area contributed by atoms with Gasteiger partial charge in [-0.15, -0.1) is 0 Å². The lowest BCUT2D eigenvalue weighted by Gasteiger charge is -2.31. The molecule has 1 fully saturated rings. The van der Waals surface area contributed by atoms with E-state index in [9.17, 15) is 4.79 Å². The number of hydrogen-bond donors (Lipinski definition) is 1. The number of aryl methyl sites for hydroxylation is 1. The molecule has 3 nitrogen and oxygen atoms in total. The van der Waals surface area contributed by atoms with Crippen LogP contribution in [0.15, 0.2) is 18.2 Å². The normalized spacial score (nSPS) is 27.3. The van der Waals surface area contributed by atoms with Crippen molar-refractivity contribution in [2.45, 2.75) is 33.1 Å². The summed E-state index contributed by atoms with van der Waals surface area (Å²) in [6, 6.07) is 6.49. The number of anilines is 1. The third-order valence-corrected chi connectivity index (χ3v) is 4.71. The first-order valence-corrected chi connectivity index (χ1v) is 7.05. The summed E-state index contributed by atoms with van der Waals surface area (Å²) >= 11 is 0. The summed E-state index contributed by atoms with van der Waals surface area (Å²) in [6.07, 6.45) is 1.26. The second-order valence-corrected chi connectivity index (χ2v) is 6.68. The summed E-state index contributed by atoms with van der Waals surface area (Å²) in [4.78, 5) is 14.1. The largest absolute Gasteiger partial charge is 0.322 e. The topological polar surface area (TPSA) is 46.3 Å². The van der Waals surface area contributed by atoms with E-state index in [0.717, 1.165) is 12.2 Å². The van der Waals surface area contributed by atoms with Crippen LogP contribution < -0.4 is 10.6 Å². The number of carbonyl (C=O) groups is 1. The minimum Gasteiger partial charge on any atom is -0.322 e. The van der Waals surface area contributed by atoms with Gasteiger partial charge in [-0.25, -0.2) is 0 Å². The van der Waals surface area contributed by atoms with Crippen molar-refractivity contribution in [3.8, 4) is 0 Å². The van der Waals surface area contributed by atoms with Gasteiger partial charge in [0.25, 0.3) is 0 Å². The van der Waals surface area contributed by atoms with Gasteiger partial charge in [-0.2, -0.15) is 0 Å². The van der Waals surface area contributed by atoms with Crippen molar-refractivity contribution in [2.75, 3.05) is 18.0 Å². The maximum atomic E-state index is 12.2. The number of hydrogen-bond acceptors (Lipinski definition) is 2. The second-order valence-electron chi connectivity index (χ2n) is 6.68. The Morgan fingerprint density at radius 3 is 2.89 bits per heavy atom. The molecule has 1 aromatic carbocycles. The summed E-state index contributed by atoms with van der Waals surface area (Å²) in [7, 11) is 0. The monoisotopic (exact) mass is 258 g/mol. The second kappa shape index (κ2) is 4.07. The van der Waals surface area contributed by atoms with Gasteiger partial charge >= 0.3 is 0 Å². The molecule has 2 aliphatic rings. The van der Waals surface area contributed by atoms with Crippen LogP contribution in [0.5, 0.6) is 0 Å². The minimum atomic E-state index is 0.0289. The van der Waals surface area contributed by atoms with Crippen LogP contribution in [0.4, 0.5) is 5.69 Å². The lowest BCUT2D eigenvalue weighted by atomic mass is 9.86. The van der Waals surface area contributed by atoms with Gasteiger partial charge in [-0.1, -0.05) is 26.0 Å². The SMILES string of the molecule is Cc1ccc2c(c1)N(C(=O)CN)CC(C)(C)[C@@H]1C[C@H]21. The predicted molar refractivity (Wildman–Crippen MR) is 77.2 cm³/mol. The van der Waals surface area contributed by atoms with Crippen LogP contribution in [-0.4, -0.2) is 19.0 Å². The Labute approximate surface area is 114 Å². The van der Waals surface area contributed by atoms with E-state index in [2.05, 4.69) is 39.0 Å². The van der Waals surface area contributed by atoms with Gasteiger partial charge in [0.15, 0.2) is 0 Å². The lowest BCUT2D eigenvalue weighted by Crippen LogP contribution is -2.42. The molecular weight excluding hydrogens is 236 g/mol. The zero-order valence-corrected chi connectivity index (χ0v) is 11.9. The highest BCUT2D eigenvalue weighted by molar-refractivity contribution is 5.96. The third-order valence-electron chi connectivity index (χ3n) is 4.71. The molecule has 0 unspecified atom stereocenters. The van der Waals surface area contributed by atoms with Gasteiger partial charge in [-0.3, -0.25) is 4.79 Å². The summed E-state index contributed by atoms with van der Waals surface area (Å²) in [6.45, 7) is 7.48. The van der Waals surface area contributed by atoms with Gasteiger partial charge in [0, 0.05) is 12.2 Å². The van der Waals surface area contributed by atoms with Crippen molar-refractivity contribution in [3.05, 3.63) is 29.3 Å². The molecule has 1 aliphatic heterocycles. The highest BCUT2D eigenvalue weighted by atomic mass is 16.2. The summed E-state index contributed by atoms with van der Waals surface area (Å²) in [5, 5.41) is 0. The maximum absolute atomic E-state index is 12.2. The molecule has 1 aliphatic carbocycles. The van der Waals surface area contributed by atoms with E-state index in [4.69, 9.17) is 5.73 Å². The molecule has 1 amide bonds. The van der Waals surface area contributed by atoms with Gasteiger partial charge in [-0.05, 0) is 47.8 Å². The van der Waals surface area contributed by atoms with Crippen molar-refractivity contribution < 1.29 is 4.79 Å². The fourth-order valence-corrected chi connectivity index (χ4v) is 3.55. The lowest BCUT2D eigenvalue weighted by molar-refractivity contribution is -0.117. The fourth-order valence-electron chi connectivity index (χ4n) is 3.55. The van der Waals surface area contributed by atoms with Gasteiger partial charge in [0.1, 0.15) is 0 Å². The van der Waals surface area contributed by atoms with Crippen molar-refractivity contribution in [1.29, 1.82) is 0 Å². The van der Waals surface area contributed by atoms with Gasteiger partial charge < -0.3 is 10.6 Å². The number of nitrogens with two attached hydrogens (primary N) is 1. The van der Waals surface area contributed by atoms with Crippen molar-refractivity contribution in [1.82, 2.24) is 0 Å². The Hall–Kier alpha value is -1.35. The molecule has 3 heteroatoms. The first kappa shape index (κ1) is 12.7. The third kappa shape index (κ3) is 1.96. The molecule has 2 N–H and O–H groups in total. The van der Waals surface area contributed by atoms with E-state index < -0.39 is 0 Å². The molecule has 0 aromatic heterocycles. The quantitative estimate of drug-likeness (QED) is 0.841. The first-order chi connectivity index (χ1) is 8.94. The van der Waals surface area contributed by atoms with Crippen LogP contribution in [-0.2, 0) is 4.79 Å². The Balaban J connectivity index is 2.11. The first-order valence-electron chi connectivity index (χ1n) is 7.05. The number of amides is 1. The maximum Gasteiger partial charge on any atom is 0.240 e. The molecule has 0 bridgehead atoms. The Kier molecular flexibility index (Phi) is 2.72. The standard InChI is InChI=1S/C16H22N2O/c1-10-4-5-11-12-7-13(12)16(2,3)9-18(14(11)6-10)15(19)8-17/h4-6,12-13H,7-9,17H2,1-3H3/t12-,13-/m1/s1. The van der Waals surface area contributed by atoms with Gasteiger partial charge in [0.05, 0.1) is 6.54 Å². The Morgan fingerprint density at radius 2 is 2.21 bits per heavy atom. The molecule has 2 atom stereocenters. The number of benzene rings is 1. The molecule has 0 spiro atoms. The zero-order chi connectivity index (χ0) is 13.8. The Bertz CT molecular complexity index is 536. The molecule has 1 aromatic rings. The average molecular weight is 258 g/mol. The zero-order valence-electron chi connectivity index (χ0n) is 11.9. The van der Waals surface area contributed by atoms with E-state index in [-0.39, 0.29) is 17.9 Å². The molecule has 3 rings (SSSR count). The highest BCUT2D eigenvalue weighted by Crippen LogP contribution is 2.61.